The van der Waals surface area contributed by atoms with Crippen LogP contribution < -0.4 is 0 Å². The van der Waals surface area contributed by atoms with Gasteiger partial charge in [-0.05, 0) is 73.3 Å². The van der Waals surface area contributed by atoms with E-state index in [1.807, 2.05) is 11.8 Å². The highest BCUT2D eigenvalue weighted by Gasteiger charge is 2.44. The summed E-state index contributed by atoms with van der Waals surface area (Å²) in [4.78, 5) is 1.39. The predicted octanol–water partition coefficient (Wildman–Crippen LogP) is 5.12. The monoisotopic (exact) mass is 256 g/mol. The van der Waals surface area contributed by atoms with Gasteiger partial charge in [0.2, 0.25) is 0 Å². The first-order valence-corrected chi connectivity index (χ1v) is 8.18. The van der Waals surface area contributed by atoms with Gasteiger partial charge in [0.1, 0.15) is 0 Å². The Hall–Kier alpha value is -0.690. The van der Waals surface area contributed by atoms with E-state index in [0.717, 1.165) is 23.7 Å². The summed E-state index contributed by atoms with van der Waals surface area (Å²) in [5, 5.41) is 2.50. The summed E-state index contributed by atoms with van der Waals surface area (Å²) >= 11 is 1.94. The Bertz CT molecular complexity index is 430. The van der Waals surface area contributed by atoms with Crippen molar-refractivity contribution in [2.75, 3.05) is 0 Å². The molecule has 1 aromatic carbocycles. The number of hydrogen-bond acceptors (Lipinski definition) is 1. The first-order valence-electron chi connectivity index (χ1n) is 7.30. The van der Waals surface area contributed by atoms with E-state index >= 15 is 0 Å². The van der Waals surface area contributed by atoms with Crippen molar-refractivity contribution in [3.8, 4) is 0 Å². The van der Waals surface area contributed by atoms with E-state index in [1.165, 1.54) is 30.6 Å². The van der Waals surface area contributed by atoms with Crippen LogP contribution in [-0.4, -0.2) is 0 Å². The SMILES string of the molecule is C(Sc1ccccc1)=C1C2CC3CC(C2)CC1C3. The summed E-state index contributed by atoms with van der Waals surface area (Å²) in [7, 11) is 0. The summed E-state index contributed by atoms with van der Waals surface area (Å²) < 4.78 is 0. The lowest BCUT2D eigenvalue weighted by Gasteiger charge is -2.51. The van der Waals surface area contributed by atoms with Crippen molar-refractivity contribution in [3.05, 3.63) is 41.3 Å². The summed E-state index contributed by atoms with van der Waals surface area (Å²) in [6, 6.07) is 10.8. The second-order valence-electron chi connectivity index (χ2n) is 6.35. The fourth-order valence-corrected chi connectivity index (χ4v) is 5.53. The van der Waals surface area contributed by atoms with Gasteiger partial charge in [-0.25, -0.2) is 0 Å². The zero-order valence-corrected chi connectivity index (χ0v) is 11.5. The van der Waals surface area contributed by atoms with Crippen LogP contribution in [0.2, 0.25) is 0 Å². The topological polar surface area (TPSA) is 0 Å². The van der Waals surface area contributed by atoms with Crippen LogP contribution in [0.3, 0.4) is 0 Å². The molecule has 0 amide bonds. The Labute approximate surface area is 114 Å². The third-order valence-corrected chi connectivity index (χ3v) is 6.09. The summed E-state index contributed by atoms with van der Waals surface area (Å²) in [5.41, 5.74) is 1.80. The molecule has 18 heavy (non-hydrogen) atoms. The number of benzene rings is 1. The highest BCUT2D eigenvalue weighted by Crippen LogP contribution is 2.56. The van der Waals surface area contributed by atoms with Crippen molar-refractivity contribution < 1.29 is 0 Å². The Morgan fingerprint density at radius 1 is 0.833 bits per heavy atom. The zero-order chi connectivity index (χ0) is 11.9. The summed E-state index contributed by atoms with van der Waals surface area (Å²) in [6.45, 7) is 0. The van der Waals surface area contributed by atoms with Gasteiger partial charge < -0.3 is 0 Å². The standard InChI is InChI=1S/C17H20S/c1-2-4-16(5-3-1)18-11-17-14-7-12-6-13(9-14)10-15(17)8-12/h1-5,11-15H,6-10H2. The second kappa shape index (κ2) is 4.45. The van der Waals surface area contributed by atoms with Gasteiger partial charge in [0.05, 0.1) is 0 Å². The Kier molecular flexibility index (Phi) is 2.76. The van der Waals surface area contributed by atoms with Crippen LogP contribution in [0.15, 0.2) is 46.2 Å². The Balaban J connectivity index is 1.54. The molecule has 4 fully saturated rings. The van der Waals surface area contributed by atoms with Gasteiger partial charge in [0.25, 0.3) is 0 Å². The van der Waals surface area contributed by atoms with Crippen molar-refractivity contribution in [2.45, 2.75) is 37.0 Å². The number of allylic oxidation sites excluding steroid dienone is 1. The molecule has 0 aliphatic heterocycles. The molecule has 0 N–H and O–H groups in total. The average molecular weight is 256 g/mol. The van der Waals surface area contributed by atoms with Gasteiger partial charge >= 0.3 is 0 Å². The van der Waals surface area contributed by atoms with E-state index < -0.39 is 0 Å². The molecule has 0 heterocycles. The first-order chi connectivity index (χ1) is 8.88. The van der Waals surface area contributed by atoms with Gasteiger partial charge in [-0.15, -0.1) is 0 Å². The highest BCUT2D eigenvalue weighted by molar-refractivity contribution is 8.02. The van der Waals surface area contributed by atoms with Crippen LogP contribution in [0.4, 0.5) is 0 Å². The lowest BCUT2D eigenvalue weighted by molar-refractivity contribution is 0.0700. The van der Waals surface area contributed by atoms with Crippen molar-refractivity contribution in [3.63, 3.8) is 0 Å². The van der Waals surface area contributed by atoms with Crippen LogP contribution in [0.5, 0.6) is 0 Å². The van der Waals surface area contributed by atoms with Crippen LogP contribution in [0, 0.1) is 23.7 Å². The van der Waals surface area contributed by atoms with E-state index in [2.05, 4.69) is 35.7 Å². The molecular weight excluding hydrogens is 236 g/mol. The molecule has 4 aliphatic carbocycles. The Morgan fingerprint density at radius 3 is 2.06 bits per heavy atom. The molecular formula is C17H20S. The van der Waals surface area contributed by atoms with Crippen LogP contribution in [-0.2, 0) is 0 Å². The number of thioether (sulfide) groups is 1. The number of rotatable bonds is 2. The lowest BCUT2D eigenvalue weighted by Crippen LogP contribution is -2.40. The zero-order valence-electron chi connectivity index (χ0n) is 10.7. The molecule has 0 radical (unpaired) electrons. The molecule has 1 aromatic rings. The largest absolute Gasteiger partial charge is 0.0981 e. The molecule has 4 saturated carbocycles. The number of hydrogen-bond donors (Lipinski definition) is 0. The van der Waals surface area contributed by atoms with Crippen molar-refractivity contribution in [2.24, 2.45) is 23.7 Å². The molecule has 0 atom stereocenters. The van der Waals surface area contributed by atoms with E-state index in [0.29, 0.717) is 0 Å². The predicted molar refractivity (Wildman–Crippen MR) is 77.4 cm³/mol. The maximum absolute atomic E-state index is 2.50. The highest BCUT2D eigenvalue weighted by atomic mass is 32.2. The quantitative estimate of drug-likeness (QED) is 0.662. The molecule has 1 heteroatoms. The molecule has 5 rings (SSSR count). The molecule has 0 unspecified atom stereocenters. The van der Waals surface area contributed by atoms with Gasteiger partial charge in [-0.3, -0.25) is 0 Å². The van der Waals surface area contributed by atoms with Gasteiger partial charge in [-0.2, -0.15) is 0 Å². The van der Waals surface area contributed by atoms with Crippen molar-refractivity contribution >= 4 is 11.8 Å². The molecule has 94 valence electrons. The third kappa shape index (κ3) is 1.93. The molecule has 4 bridgehead atoms. The van der Waals surface area contributed by atoms with Crippen LogP contribution >= 0.6 is 11.8 Å². The fraction of sp³-hybridized carbons (Fsp3) is 0.529. The first kappa shape index (κ1) is 11.2. The minimum atomic E-state index is 0.942. The van der Waals surface area contributed by atoms with Crippen molar-refractivity contribution in [1.29, 1.82) is 0 Å². The average Bonchev–Trinajstić information content (AvgIpc) is 2.38. The smallest absolute Gasteiger partial charge is 0.0116 e. The van der Waals surface area contributed by atoms with E-state index in [-0.39, 0.29) is 0 Å². The normalized spacial score (nSPS) is 37.0. The lowest BCUT2D eigenvalue weighted by atomic mass is 9.54. The van der Waals surface area contributed by atoms with E-state index in [9.17, 15) is 0 Å². The van der Waals surface area contributed by atoms with Crippen molar-refractivity contribution in [1.82, 2.24) is 0 Å². The summed E-state index contributed by atoms with van der Waals surface area (Å²) in [5.74, 6) is 4.03. The molecule has 0 nitrogen and oxygen atoms in total. The molecule has 0 saturated heterocycles. The van der Waals surface area contributed by atoms with Crippen LogP contribution in [0.1, 0.15) is 32.1 Å². The molecule has 0 aromatic heterocycles. The Morgan fingerprint density at radius 2 is 1.44 bits per heavy atom. The van der Waals surface area contributed by atoms with Gasteiger partial charge in [0.15, 0.2) is 0 Å². The fourth-order valence-electron chi connectivity index (χ4n) is 4.56. The van der Waals surface area contributed by atoms with E-state index in [1.54, 1.807) is 12.0 Å². The van der Waals surface area contributed by atoms with Gasteiger partial charge in [-0.1, -0.05) is 35.5 Å². The third-order valence-electron chi connectivity index (χ3n) is 5.16. The van der Waals surface area contributed by atoms with Gasteiger partial charge in [0, 0.05) is 4.90 Å². The van der Waals surface area contributed by atoms with E-state index in [4.69, 9.17) is 0 Å². The maximum Gasteiger partial charge on any atom is 0.0116 e. The molecule has 4 aliphatic rings. The minimum Gasteiger partial charge on any atom is -0.0981 e. The van der Waals surface area contributed by atoms with Crippen LogP contribution in [0.25, 0.3) is 0 Å². The second-order valence-corrected chi connectivity index (χ2v) is 7.30. The minimum absolute atomic E-state index is 0.942. The molecule has 0 spiro atoms. The summed E-state index contributed by atoms with van der Waals surface area (Å²) in [6.07, 6.45) is 7.52. The maximum atomic E-state index is 2.50.